The van der Waals surface area contributed by atoms with Gasteiger partial charge in [0.05, 0.1) is 12.3 Å². The molecule has 0 amide bonds. The average Bonchev–Trinajstić information content (AvgIpc) is 2.78. The summed E-state index contributed by atoms with van der Waals surface area (Å²) < 4.78 is 14.9. The van der Waals surface area contributed by atoms with Gasteiger partial charge in [0.2, 0.25) is 5.13 Å². The summed E-state index contributed by atoms with van der Waals surface area (Å²) in [7, 11) is 0. The van der Waals surface area contributed by atoms with E-state index in [4.69, 9.17) is 14.2 Å². The Bertz CT molecular complexity index is 659. The van der Waals surface area contributed by atoms with Gasteiger partial charge in [0.15, 0.2) is 5.92 Å². The molecule has 0 saturated carbocycles. The molecule has 0 unspecified atom stereocenters. The van der Waals surface area contributed by atoms with Gasteiger partial charge in [-0.1, -0.05) is 11.3 Å². The highest BCUT2D eigenvalue weighted by Crippen LogP contribution is 2.27. The van der Waals surface area contributed by atoms with Gasteiger partial charge in [-0.15, -0.1) is 0 Å². The van der Waals surface area contributed by atoms with Crippen molar-refractivity contribution in [3.05, 3.63) is 10.6 Å². The van der Waals surface area contributed by atoms with E-state index in [-0.39, 0.29) is 11.7 Å². The van der Waals surface area contributed by atoms with Gasteiger partial charge in [0, 0.05) is 20.1 Å². The lowest BCUT2D eigenvalue weighted by atomic mass is 10.1. The van der Waals surface area contributed by atoms with Crippen molar-refractivity contribution in [1.82, 2.24) is 4.98 Å². The van der Waals surface area contributed by atoms with Crippen LogP contribution in [-0.4, -0.2) is 41.5 Å². The van der Waals surface area contributed by atoms with Crippen molar-refractivity contribution < 1.29 is 28.6 Å². The lowest BCUT2D eigenvalue weighted by Gasteiger charge is -2.31. The number of ether oxygens (including phenoxy) is 3. The number of thiazole rings is 1. The molecule has 8 nitrogen and oxygen atoms in total. The van der Waals surface area contributed by atoms with E-state index in [1.165, 1.54) is 13.8 Å². The normalized spacial score (nSPS) is 17.9. The maximum absolute atomic E-state index is 11.8. The van der Waals surface area contributed by atoms with Crippen molar-refractivity contribution >= 4 is 40.6 Å². The number of aliphatic imine (C=N–C) groups is 1. The van der Waals surface area contributed by atoms with Crippen molar-refractivity contribution in [3.63, 3.8) is 0 Å². The van der Waals surface area contributed by atoms with Gasteiger partial charge in [-0.3, -0.25) is 9.59 Å². The third-order valence-corrected chi connectivity index (χ3v) is 3.83. The van der Waals surface area contributed by atoms with Gasteiger partial charge >= 0.3 is 17.9 Å². The van der Waals surface area contributed by atoms with Gasteiger partial charge in [0.1, 0.15) is 4.88 Å². The lowest BCUT2D eigenvalue weighted by Crippen LogP contribution is -2.46. The SMILES string of the molecule is CCOC(=O)c1sc(N=CC2C(=O)OC(C)(C)OC2=O)nc1C. The number of hydrogen-bond donors (Lipinski definition) is 0. The van der Waals surface area contributed by atoms with Crippen LogP contribution in [0.5, 0.6) is 0 Å². The molecular weight excluding hydrogens is 324 g/mol. The number of nitrogens with zero attached hydrogens (tertiary/aromatic N) is 2. The first-order valence-electron chi connectivity index (χ1n) is 6.88. The molecule has 1 aromatic heterocycles. The fourth-order valence-electron chi connectivity index (χ4n) is 1.81. The Hall–Kier alpha value is -2.29. The number of carbonyl (C=O) groups is 3. The topological polar surface area (TPSA) is 104 Å². The number of cyclic esters (lactones) is 2. The first-order chi connectivity index (χ1) is 10.7. The number of aryl methyl sites for hydroxylation is 1. The van der Waals surface area contributed by atoms with Crippen molar-refractivity contribution in [2.75, 3.05) is 6.61 Å². The second-order valence-electron chi connectivity index (χ2n) is 5.13. The van der Waals surface area contributed by atoms with Crippen LogP contribution < -0.4 is 0 Å². The van der Waals surface area contributed by atoms with Crippen LogP contribution in [0.2, 0.25) is 0 Å². The molecule has 2 heterocycles. The molecule has 124 valence electrons. The minimum absolute atomic E-state index is 0.232. The molecule has 0 aromatic carbocycles. The second kappa shape index (κ2) is 6.45. The molecule has 0 aliphatic carbocycles. The summed E-state index contributed by atoms with van der Waals surface area (Å²) in [6.07, 6.45) is 1.10. The maximum Gasteiger partial charge on any atom is 0.350 e. The summed E-state index contributed by atoms with van der Waals surface area (Å²) in [6.45, 7) is 6.53. The van der Waals surface area contributed by atoms with Crippen LogP contribution in [0.25, 0.3) is 0 Å². The van der Waals surface area contributed by atoms with Crippen molar-refractivity contribution in [1.29, 1.82) is 0 Å². The summed E-state index contributed by atoms with van der Waals surface area (Å²) in [5.74, 6) is -4.50. The third-order valence-electron chi connectivity index (χ3n) is 2.78. The maximum atomic E-state index is 11.8. The Morgan fingerprint density at radius 2 is 2.00 bits per heavy atom. The molecule has 2 rings (SSSR count). The Balaban J connectivity index is 2.15. The monoisotopic (exact) mass is 340 g/mol. The van der Waals surface area contributed by atoms with Crippen LogP contribution in [0.1, 0.15) is 36.1 Å². The fraction of sp³-hybridized carbons (Fsp3) is 0.500. The van der Waals surface area contributed by atoms with E-state index in [9.17, 15) is 14.4 Å². The predicted molar refractivity (Wildman–Crippen MR) is 80.7 cm³/mol. The molecule has 1 saturated heterocycles. The molecule has 1 aliphatic heterocycles. The highest BCUT2D eigenvalue weighted by molar-refractivity contribution is 7.17. The first kappa shape index (κ1) is 17.1. The Kier molecular flexibility index (Phi) is 4.79. The van der Waals surface area contributed by atoms with Gasteiger partial charge in [-0.2, -0.15) is 0 Å². The molecule has 0 spiro atoms. The minimum Gasteiger partial charge on any atom is -0.462 e. The molecule has 0 radical (unpaired) electrons. The van der Waals surface area contributed by atoms with E-state index in [0.29, 0.717) is 10.6 Å². The molecule has 0 N–H and O–H groups in total. The number of aromatic nitrogens is 1. The summed E-state index contributed by atoms with van der Waals surface area (Å²) >= 11 is 1.01. The Labute approximate surface area is 136 Å². The van der Waals surface area contributed by atoms with Crippen molar-refractivity contribution in [2.24, 2.45) is 10.9 Å². The molecule has 1 aromatic rings. The van der Waals surface area contributed by atoms with Crippen LogP contribution in [0.3, 0.4) is 0 Å². The van der Waals surface area contributed by atoms with Crippen molar-refractivity contribution in [3.8, 4) is 0 Å². The smallest absolute Gasteiger partial charge is 0.350 e. The number of rotatable bonds is 4. The van der Waals surface area contributed by atoms with Crippen LogP contribution in [-0.2, 0) is 23.8 Å². The van der Waals surface area contributed by atoms with Gasteiger partial charge < -0.3 is 14.2 Å². The third kappa shape index (κ3) is 3.92. The van der Waals surface area contributed by atoms with E-state index >= 15 is 0 Å². The second-order valence-corrected chi connectivity index (χ2v) is 6.11. The highest BCUT2D eigenvalue weighted by Gasteiger charge is 2.42. The fourth-order valence-corrected chi connectivity index (χ4v) is 2.63. The lowest BCUT2D eigenvalue weighted by molar-refractivity contribution is -0.235. The minimum atomic E-state index is -1.28. The zero-order valence-corrected chi connectivity index (χ0v) is 13.9. The van der Waals surface area contributed by atoms with E-state index in [2.05, 4.69) is 9.98 Å². The molecule has 0 bridgehead atoms. The average molecular weight is 340 g/mol. The number of hydrogen-bond acceptors (Lipinski definition) is 9. The van der Waals surface area contributed by atoms with Gasteiger partial charge in [-0.05, 0) is 13.8 Å². The molecule has 0 atom stereocenters. The largest absolute Gasteiger partial charge is 0.462 e. The van der Waals surface area contributed by atoms with Crippen LogP contribution in [0.4, 0.5) is 5.13 Å². The summed E-state index contributed by atoms with van der Waals surface area (Å²) in [4.78, 5) is 43.7. The van der Waals surface area contributed by atoms with E-state index in [1.54, 1.807) is 13.8 Å². The highest BCUT2D eigenvalue weighted by atomic mass is 32.1. The summed E-state index contributed by atoms with van der Waals surface area (Å²) in [6, 6.07) is 0. The Morgan fingerprint density at radius 1 is 1.39 bits per heavy atom. The van der Waals surface area contributed by atoms with Crippen LogP contribution >= 0.6 is 11.3 Å². The quantitative estimate of drug-likeness (QED) is 0.467. The zero-order chi connectivity index (χ0) is 17.2. The standard InChI is InChI=1S/C14H16N2O6S/c1-5-20-12(19)9-7(2)16-13(23-9)15-6-8-10(17)21-14(3,4)22-11(8)18/h6,8H,5H2,1-4H3. The number of carbonyl (C=O) groups excluding carboxylic acids is 3. The molecule has 9 heteroatoms. The zero-order valence-electron chi connectivity index (χ0n) is 13.1. The summed E-state index contributed by atoms with van der Waals surface area (Å²) in [5.41, 5.74) is 0.468. The van der Waals surface area contributed by atoms with Crippen molar-refractivity contribution in [2.45, 2.75) is 33.5 Å². The van der Waals surface area contributed by atoms with Crippen LogP contribution in [0, 0.1) is 12.8 Å². The van der Waals surface area contributed by atoms with E-state index in [1.807, 2.05) is 0 Å². The molecule has 1 fully saturated rings. The van der Waals surface area contributed by atoms with E-state index < -0.39 is 29.6 Å². The molecular formula is C14H16N2O6S. The van der Waals surface area contributed by atoms with Gasteiger partial charge in [0.25, 0.3) is 5.79 Å². The Morgan fingerprint density at radius 3 is 2.57 bits per heavy atom. The summed E-state index contributed by atoms with van der Waals surface area (Å²) in [5, 5.41) is 0.232. The van der Waals surface area contributed by atoms with E-state index in [0.717, 1.165) is 17.6 Å². The first-order valence-corrected chi connectivity index (χ1v) is 7.69. The van der Waals surface area contributed by atoms with Gasteiger partial charge in [-0.25, -0.2) is 14.8 Å². The molecule has 1 aliphatic rings. The van der Waals surface area contributed by atoms with Crippen LogP contribution in [0.15, 0.2) is 4.99 Å². The number of esters is 3. The molecule has 23 heavy (non-hydrogen) atoms. The predicted octanol–water partition coefficient (Wildman–Crippen LogP) is 1.78.